The number of rotatable bonds is 3. The molecule has 0 radical (unpaired) electrons. The first-order valence-electron chi connectivity index (χ1n) is 8.12. The molecule has 7 nitrogen and oxygen atoms in total. The summed E-state index contributed by atoms with van der Waals surface area (Å²) in [4.78, 5) is 25.3. The molecule has 0 unspecified atom stereocenters. The lowest BCUT2D eigenvalue weighted by atomic mass is 10.2. The summed E-state index contributed by atoms with van der Waals surface area (Å²) < 4.78 is 1.58. The molecule has 0 fully saturated rings. The van der Waals surface area contributed by atoms with Gasteiger partial charge in [0, 0.05) is 29.8 Å². The summed E-state index contributed by atoms with van der Waals surface area (Å²) in [5.41, 5.74) is 3.83. The van der Waals surface area contributed by atoms with Gasteiger partial charge in [0.25, 0.3) is 11.7 Å². The highest BCUT2D eigenvalue weighted by Crippen LogP contribution is 2.17. The lowest BCUT2D eigenvalue weighted by Crippen LogP contribution is -2.16. The average Bonchev–Trinajstić information content (AvgIpc) is 3.10. The maximum absolute atomic E-state index is 12.6. The normalized spacial score (nSPS) is 10.8. The molecule has 0 aliphatic rings. The van der Waals surface area contributed by atoms with Crippen molar-refractivity contribution in [2.45, 2.75) is 13.8 Å². The Morgan fingerprint density at radius 2 is 1.77 bits per heavy atom. The smallest absolute Gasteiger partial charge is 0.259 e. The molecule has 0 saturated carbocycles. The van der Waals surface area contributed by atoms with Crippen LogP contribution in [-0.4, -0.2) is 30.5 Å². The predicted octanol–water partition coefficient (Wildman–Crippen LogP) is 3.06. The molecule has 1 aromatic carbocycles. The molecule has 1 N–H and O–H groups in total. The zero-order valence-electron chi connectivity index (χ0n) is 14.3. The van der Waals surface area contributed by atoms with Crippen LogP contribution in [0.5, 0.6) is 0 Å². The van der Waals surface area contributed by atoms with Crippen LogP contribution in [0.15, 0.2) is 55.0 Å². The van der Waals surface area contributed by atoms with Gasteiger partial charge < -0.3 is 5.32 Å². The highest BCUT2D eigenvalue weighted by atomic mass is 16.1. The summed E-state index contributed by atoms with van der Waals surface area (Å²) in [5.74, 6) is 0.752. The van der Waals surface area contributed by atoms with Gasteiger partial charge in [0.05, 0.1) is 11.3 Å². The lowest BCUT2D eigenvalue weighted by Gasteiger charge is -2.08. The Morgan fingerprint density at radius 1 is 1.04 bits per heavy atom. The van der Waals surface area contributed by atoms with E-state index in [1.165, 1.54) is 6.20 Å². The minimum atomic E-state index is -0.235. The van der Waals surface area contributed by atoms with E-state index in [9.17, 15) is 4.79 Å². The second-order valence-electron chi connectivity index (χ2n) is 5.96. The van der Waals surface area contributed by atoms with Crippen molar-refractivity contribution in [1.29, 1.82) is 0 Å². The number of carbonyl (C=O) groups excluding carboxylic acids is 1. The SMILES string of the molecule is Cc1ccc(NC(=O)c2cnc3nc(-c4ccncc4)nn3c2C)cc1. The van der Waals surface area contributed by atoms with Crippen molar-refractivity contribution < 1.29 is 4.79 Å². The number of amides is 1. The molecule has 0 aliphatic carbocycles. The van der Waals surface area contributed by atoms with E-state index in [1.807, 2.05) is 50.2 Å². The van der Waals surface area contributed by atoms with Gasteiger partial charge in [-0.05, 0) is 38.1 Å². The molecular weight excluding hydrogens is 328 g/mol. The van der Waals surface area contributed by atoms with Crippen molar-refractivity contribution in [3.63, 3.8) is 0 Å². The van der Waals surface area contributed by atoms with Crippen molar-refractivity contribution >= 4 is 17.4 Å². The Hall–Kier alpha value is -3.61. The zero-order chi connectivity index (χ0) is 18.1. The Morgan fingerprint density at radius 3 is 2.50 bits per heavy atom. The van der Waals surface area contributed by atoms with E-state index in [0.717, 1.165) is 16.8 Å². The molecule has 0 bridgehead atoms. The third kappa shape index (κ3) is 2.90. The molecule has 4 aromatic rings. The van der Waals surface area contributed by atoms with E-state index in [0.29, 0.717) is 22.9 Å². The largest absolute Gasteiger partial charge is 0.322 e. The summed E-state index contributed by atoms with van der Waals surface area (Å²) in [6, 6.07) is 11.3. The van der Waals surface area contributed by atoms with Crippen LogP contribution >= 0.6 is 0 Å². The van der Waals surface area contributed by atoms with Crippen molar-refractivity contribution in [3.8, 4) is 11.4 Å². The summed E-state index contributed by atoms with van der Waals surface area (Å²) in [6.45, 7) is 3.82. The van der Waals surface area contributed by atoms with Crippen molar-refractivity contribution in [1.82, 2.24) is 24.6 Å². The van der Waals surface area contributed by atoms with E-state index in [-0.39, 0.29) is 5.91 Å². The standard InChI is InChI=1S/C19H16N6O/c1-12-3-5-15(6-4-12)22-18(26)16-11-21-19-23-17(24-25(19)13(16)2)14-7-9-20-10-8-14/h3-11H,1-2H3,(H,22,26). The van der Waals surface area contributed by atoms with Gasteiger partial charge >= 0.3 is 0 Å². The quantitative estimate of drug-likeness (QED) is 0.617. The molecule has 3 aromatic heterocycles. The van der Waals surface area contributed by atoms with Crippen LogP contribution in [-0.2, 0) is 0 Å². The van der Waals surface area contributed by atoms with Gasteiger partial charge in [0.2, 0.25) is 0 Å². The Balaban J connectivity index is 1.69. The van der Waals surface area contributed by atoms with Gasteiger partial charge in [-0.2, -0.15) is 4.98 Å². The van der Waals surface area contributed by atoms with Crippen molar-refractivity contribution in [2.75, 3.05) is 5.32 Å². The Labute approximate surface area is 149 Å². The lowest BCUT2D eigenvalue weighted by molar-refractivity contribution is 0.102. The maximum Gasteiger partial charge on any atom is 0.259 e. The van der Waals surface area contributed by atoms with E-state index in [4.69, 9.17) is 0 Å². The molecule has 4 rings (SSSR count). The first kappa shape index (κ1) is 15.9. The first-order chi connectivity index (χ1) is 12.6. The second kappa shape index (κ2) is 6.36. The molecule has 0 aliphatic heterocycles. The maximum atomic E-state index is 12.6. The fourth-order valence-electron chi connectivity index (χ4n) is 2.62. The minimum Gasteiger partial charge on any atom is -0.322 e. The predicted molar refractivity (Wildman–Crippen MR) is 97.9 cm³/mol. The van der Waals surface area contributed by atoms with E-state index < -0.39 is 0 Å². The van der Waals surface area contributed by atoms with Crippen LogP contribution < -0.4 is 5.32 Å². The average molecular weight is 344 g/mol. The highest BCUT2D eigenvalue weighted by Gasteiger charge is 2.16. The molecule has 0 spiro atoms. The summed E-state index contributed by atoms with van der Waals surface area (Å²) >= 11 is 0. The molecule has 7 heteroatoms. The summed E-state index contributed by atoms with van der Waals surface area (Å²) in [5, 5.41) is 7.36. The molecule has 1 amide bonds. The zero-order valence-corrected chi connectivity index (χ0v) is 14.3. The fraction of sp³-hybridized carbons (Fsp3) is 0.105. The molecular formula is C19H16N6O. The van der Waals surface area contributed by atoms with Crippen LogP contribution in [0.1, 0.15) is 21.6 Å². The van der Waals surface area contributed by atoms with Crippen LogP contribution in [0.4, 0.5) is 5.69 Å². The molecule has 0 saturated heterocycles. The number of anilines is 1. The summed E-state index contributed by atoms with van der Waals surface area (Å²) in [6.07, 6.45) is 4.89. The molecule has 3 heterocycles. The highest BCUT2D eigenvalue weighted by molar-refractivity contribution is 6.04. The number of carbonyl (C=O) groups is 1. The fourth-order valence-corrected chi connectivity index (χ4v) is 2.62. The van der Waals surface area contributed by atoms with Crippen molar-refractivity contribution in [2.24, 2.45) is 0 Å². The number of hydrogen-bond donors (Lipinski definition) is 1. The number of aromatic nitrogens is 5. The first-order valence-corrected chi connectivity index (χ1v) is 8.12. The minimum absolute atomic E-state index is 0.235. The second-order valence-corrected chi connectivity index (χ2v) is 5.96. The number of nitrogens with zero attached hydrogens (tertiary/aromatic N) is 5. The van der Waals surface area contributed by atoms with Gasteiger partial charge in [0.15, 0.2) is 5.82 Å². The van der Waals surface area contributed by atoms with Crippen LogP contribution in [0.2, 0.25) is 0 Å². The monoisotopic (exact) mass is 344 g/mol. The van der Waals surface area contributed by atoms with E-state index >= 15 is 0 Å². The van der Waals surface area contributed by atoms with Gasteiger partial charge in [0.1, 0.15) is 0 Å². The number of nitrogens with one attached hydrogen (secondary N) is 1. The van der Waals surface area contributed by atoms with Crippen LogP contribution in [0.25, 0.3) is 17.2 Å². The van der Waals surface area contributed by atoms with Crippen LogP contribution in [0.3, 0.4) is 0 Å². The number of benzene rings is 1. The van der Waals surface area contributed by atoms with Crippen LogP contribution in [0, 0.1) is 13.8 Å². The van der Waals surface area contributed by atoms with Gasteiger partial charge in [-0.15, -0.1) is 5.10 Å². The number of fused-ring (bicyclic) bond motifs is 1. The molecule has 128 valence electrons. The number of pyridine rings is 1. The molecule has 0 atom stereocenters. The number of aryl methyl sites for hydroxylation is 2. The van der Waals surface area contributed by atoms with E-state index in [1.54, 1.807) is 16.9 Å². The third-order valence-electron chi connectivity index (χ3n) is 4.10. The van der Waals surface area contributed by atoms with Gasteiger partial charge in [-0.3, -0.25) is 9.78 Å². The Kier molecular flexibility index (Phi) is 3.89. The third-order valence-corrected chi connectivity index (χ3v) is 4.10. The van der Waals surface area contributed by atoms with Gasteiger partial charge in [-0.25, -0.2) is 9.50 Å². The van der Waals surface area contributed by atoms with Gasteiger partial charge in [-0.1, -0.05) is 17.7 Å². The Bertz CT molecular complexity index is 1090. The summed E-state index contributed by atoms with van der Waals surface area (Å²) in [7, 11) is 0. The van der Waals surface area contributed by atoms with E-state index in [2.05, 4.69) is 25.4 Å². The van der Waals surface area contributed by atoms with Crippen molar-refractivity contribution in [3.05, 3.63) is 71.8 Å². The topological polar surface area (TPSA) is 85.1 Å². The number of hydrogen-bond acceptors (Lipinski definition) is 5. The molecule has 26 heavy (non-hydrogen) atoms.